The highest BCUT2D eigenvalue weighted by Crippen LogP contribution is 2.25. The van der Waals surface area contributed by atoms with Gasteiger partial charge >= 0.3 is 0 Å². The molecule has 4 aromatic rings. The molecule has 116 valence electrons. The van der Waals surface area contributed by atoms with Crippen molar-refractivity contribution in [2.24, 2.45) is 0 Å². The Labute approximate surface area is 136 Å². The summed E-state index contributed by atoms with van der Waals surface area (Å²) in [6, 6.07) is 12.9. The van der Waals surface area contributed by atoms with Crippen LogP contribution in [0.3, 0.4) is 0 Å². The highest BCUT2D eigenvalue weighted by atomic mass is 16.3. The number of aromatic nitrogens is 5. The number of hydrogen-bond donors (Lipinski definition) is 1. The molecule has 0 bridgehead atoms. The van der Waals surface area contributed by atoms with Gasteiger partial charge in [-0.05, 0) is 29.8 Å². The monoisotopic (exact) mass is 317 g/mol. The Hall–Kier alpha value is -3.73. The van der Waals surface area contributed by atoms with Crippen LogP contribution >= 0.6 is 0 Å². The first-order valence-electron chi connectivity index (χ1n) is 7.14. The zero-order chi connectivity index (χ0) is 16.5. The van der Waals surface area contributed by atoms with Gasteiger partial charge in [0, 0.05) is 0 Å². The van der Waals surface area contributed by atoms with E-state index in [9.17, 15) is 0 Å². The summed E-state index contributed by atoms with van der Waals surface area (Å²) in [7, 11) is 0. The number of rotatable bonds is 3. The molecule has 1 aromatic carbocycles. The first-order chi connectivity index (χ1) is 11.7. The fourth-order valence-electron chi connectivity index (χ4n) is 2.48. The van der Waals surface area contributed by atoms with Crippen LogP contribution < -0.4 is 5.73 Å². The lowest BCUT2D eigenvalue weighted by Gasteiger charge is -2.04. The SMILES string of the molecule is N#Cc1cccc(Cn2nnc3c(-c4ccco4)nc(N)nc32)c1. The Balaban J connectivity index is 1.82. The Morgan fingerprint density at radius 1 is 1.21 bits per heavy atom. The number of nitrogens with zero attached hydrogens (tertiary/aromatic N) is 6. The zero-order valence-electron chi connectivity index (χ0n) is 12.4. The van der Waals surface area contributed by atoms with Crippen molar-refractivity contribution in [3.63, 3.8) is 0 Å². The Kier molecular flexibility index (Phi) is 3.17. The van der Waals surface area contributed by atoms with E-state index in [0.717, 1.165) is 5.56 Å². The standard InChI is InChI=1S/C16H11N7O/c17-8-10-3-1-4-11(7-10)9-23-15-14(21-22-23)13(19-16(18)20-15)12-5-2-6-24-12/h1-7H,9H2,(H2,18,19,20). The van der Waals surface area contributed by atoms with Gasteiger partial charge in [0.1, 0.15) is 5.69 Å². The molecule has 3 heterocycles. The number of nitrogen functional groups attached to an aromatic ring is 1. The number of furan rings is 1. The van der Waals surface area contributed by atoms with Gasteiger partial charge in [0.15, 0.2) is 16.9 Å². The van der Waals surface area contributed by atoms with Crippen molar-refractivity contribution in [1.82, 2.24) is 25.0 Å². The Morgan fingerprint density at radius 2 is 2.12 bits per heavy atom. The van der Waals surface area contributed by atoms with E-state index in [1.165, 1.54) is 0 Å². The highest BCUT2D eigenvalue weighted by Gasteiger charge is 2.17. The molecule has 0 spiro atoms. The van der Waals surface area contributed by atoms with E-state index in [2.05, 4.69) is 26.3 Å². The summed E-state index contributed by atoms with van der Waals surface area (Å²) in [5.41, 5.74) is 8.84. The van der Waals surface area contributed by atoms with Crippen molar-refractivity contribution < 1.29 is 4.42 Å². The minimum atomic E-state index is 0.114. The maximum Gasteiger partial charge on any atom is 0.222 e. The van der Waals surface area contributed by atoms with E-state index in [-0.39, 0.29) is 5.95 Å². The molecule has 0 saturated heterocycles. The average Bonchev–Trinajstić information content (AvgIpc) is 3.25. The molecule has 8 heteroatoms. The Morgan fingerprint density at radius 3 is 2.92 bits per heavy atom. The molecule has 24 heavy (non-hydrogen) atoms. The minimum Gasteiger partial charge on any atom is -0.463 e. The van der Waals surface area contributed by atoms with Gasteiger partial charge in [0.25, 0.3) is 0 Å². The third-order valence-electron chi connectivity index (χ3n) is 3.52. The molecule has 8 nitrogen and oxygen atoms in total. The highest BCUT2D eigenvalue weighted by molar-refractivity contribution is 5.85. The van der Waals surface area contributed by atoms with Crippen LogP contribution in [0, 0.1) is 11.3 Å². The summed E-state index contributed by atoms with van der Waals surface area (Å²) in [6.45, 7) is 0.417. The van der Waals surface area contributed by atoms with Crippen LogP contribution in [0.1, 0.15) is 11.1 Å². The van der Waals surface area contributed by atoms with Crippen LogP contribution in [0.4, 0.5) is 5.95 Å². The fourth-order valence-corrected chi connectivity index (χ4v) is 2.48. The first kappa shape index (κ1) is 13.9. The van der Waals surface area contributed by atoms with Crippen molar-refractivity contribution >= 4 is 17.1 Å². The molecule has 0 radical (unpaired) electrons. The molecule has 0 aliphatic carbocycles. The number of fused-ring (bicyclic) bond motifs is 1. The van der Waals surface area contributed by atoms with Crippen LogP contribution in [0.2, 0.25) is 0 Å². The lowest BCUT2D eigenvalue weighted by molar-refractivity contribution is 0.580. The molecule has 0 aliphatic heterocycles. The Bertz CT molecular complexity index is 1060. The van der Waals surface area contributed by atoms with Crippen LogP contribution in [0.25, 0.3) is 22.6 Å². The molecule has 4 rings (SSSR count). The molecule has 0 fully saturated rings. The molecule has 3 aromatic heterocycles. The summed E-state index contributed by atoms with van der Waals surface area (Å²) >= 11 is 0. The normalized spacial score (nSPS) is 10.8. The second-order valence-corrected chi connectivity index (χ2v) is 5.14. The third-order valence-corrected chi connectivity index (χ3v) is 3.52. The van der Waals surface area contributed by atoms with Crippen LogP contribution in [-0.4, -0.2) is 25.0 Å². The van der Waals surface area contributed by atoms with Gasteiger partial charge in [-0.3, -0.25) is 0 Å². The van der Waals surface area contributed by atoms with Gasteiger partial charge in [0.05, 0.1) is 24.4 Å². The quantitative estimate of drug-likeness (QED) is 0.613. The third kappa shape index (κ3) is 2.34. The number of benzene rings is 1. The molecule has 0 aliphatic rings. The maximum atomic E-state index is 9.01. The number of nitriles is 1. The van der Waals surface area contributed by atoms with Gasteiger partial charge in [-0.15, -0.1) is 5.10 Å². The minimum absolute atomic E-state index is 0.114. The van der Waals surface area contributed by atoms with E-state index < -0.39 is 0 Å². The second kappa shape index (κ2) is 5.48. The van der Waals surface area contributed by atoms with Gasteiger partial charge in [0.2, 0.25) is 5.95 Å². The largest absolute Gasteiger partial charge is 0.463 e. The summed E-state index contributed by atoms with van der Waals surface area (Å²) in [5, 5.41) is 17.3. The molecule has 0 unspecified atom stereocenters. The van der Waals surface area contributed by atoms with Crippen molar-refractivity contribution in [3.05, 3.63) is 53.8 Å². The lowest BCUT2D eigenvalue weighted by Crippen LogP contribution is -2.05. The first-order valence-corrected chi connectivity index (χ1v) is 7.14. The van der Waals surface area contributed by atoms with E-state index in [4.69, 9.17) is 15.4 Å². The predicted octanol–water partition coefficient (Wildman–Crippen LogP) is 1.98. The van der Waals surface area contributed by atoms with Crippen molar-refractivity contribution in [2.45, 2.75) is 6.54 Å². The lowest BCUT2D eigenvalue weighted by atomic mass is 10.1. The number of hydrogen-bond acceptors (Lipinski definition) is 7. The van der Waals surface area contributed by atoms with Crippen LogP contribution in [-0.2, 0) is 6.54 Å². The fraction of sp³-hybridized carbons (Fsp3) is 0.0625. The smallest absolute Gasteiger partial charge is 0.222 e. The molecular formula is C16H11N7O. The topological polar surface area (TPSA) is 119 Å². The van der Waals surface area contributed by atoms with E-state index in [1.54, 1.807) is 35.2 Å². The summed E-state index contributed by atoms with van der Waals surface area (Å²) < 4.78 is 7.00. The van der Waals surface area contributed by atoms with Gasteiger partial charge in [-0.25, -0.2) is 9.67 Å². The van der Waals surface area contributed by atoms with Crippen LogP contribution in [0.15, 0.2) is 47.1 Å². The van der Waals surface area contributed by atoms with Crippen molar-refractivity contribution in [1.29, 1.82) is 5.26 Å². The number of anilines is 1. The summed E-state index contributed by atoms with van der Waals surface area (Å²) in [4.78, 5) is 8.45. The average molecular weight is 317 g/mol. The second-order valence-electron chi connectivity index (χ2n) is 5.14. The summed E-state index contributed by atoms with van der Waals surface area (Å²) in [5.74, 6) is 0.663. The van der Waals surface area contributed by atoms with Crippen molar-refractivity contribution in [2.75, 3.05) is 5.73 Å². The van der Waals surface area contributed by atoms with E-state index in [0.29, 0.717) is 34.7 Å². The molecule has 0 saturated carbocycles. The maximum absolute atomic E-state index is 9.01. The van der Waals surface area contributed by atoms with Crippen molar-refractivity contribution in [3.8, 4) is 17.5 Å². The van der Waals surface area contributed by atoms with Gasteiger partial charge < -0.3 is 10.2 Å². The predicted molar refractivity (Wildman–Crippen MR) is 85.5 cm³/mol. The number of nitrogens with two attached hydrogens (primary N) is 1. The molecule has 2 N–H and O–H groups in total. The molecular weight excluding hydrogens is 306 g/mol. The van der Waals surface area contributed by atoms with Gasteiger partial charge in [-0.1, -0.05) is 17.3 Å². The van der Waals surface area contributed by atoms with Crippen LogP contribution in [0.5, 0.6) is 0 Å². The summed E-state index contributed by atoms with van der Waals surface area (Å²) in [6.07, 6.45) is 1.55. The molecule has 0 atom stereocenters. The molecule has 0 amide bonds. The van der Waals surface area contributed by atoms with Gasteiger partial charge in [-0.2, -0.15) is 10.2 Å². The zero-order valence-corrected chi connectivity index (χ0v) is 12.4. The van der Waals surface area contributed by atoms with E-state index >= 15 is 0 Å². The van der Waals surface area contributed by atoms with E-state index in [1.807, 2.05) is 12.1 Å².